The first-order chi connectivity index (χ1) is 15.0. The molecule has 1 amide bonds. The molecule has 1 saturated heterocycles. The van der Waals surface area contributed by atoms with E-state index < -0.39 is 0 Å². The quantitative estimate of drug-likeness (QED) is 0.606. The zero-order valence-corrected chi connectivity index (χ0v) is 18.1. The molecule has 1 aliphatic rings. The molecular weight excluding hydrogens is 394 g/mol. The van der Waals surface area contributed by atoms with Gasteiger partial charge >= 0.3 is 0 Å². The number of aryl methyl sites for hydroxylation is 2. The van der Waals surface area contributed by atoms with Crippen molar-refractivity contribution in [2.75, 3.05) is 26.7 Å². The number of carbonyl (C=O) groups excluding carboxylic acids is 1. The fourth-order valence-electron chi connectivity index (χ4n) is 3.85. The number of pyridine rings is 3. The minimum atomic E-state index is -0.206. The normalized spacial score (nSPS) is 14.4. The van der Waals surface area contributed by atoms with E-state index in [1.807, 2.05) is 32.2 Å². The number of ether oxygens (including phenoxy) is 1. The van der Waals surface area contributed by atoms with E-state index in [2.05, 4.69) is 25.2 Å². The van der Waals surface area contributed by atoms with Crippen LogP contribution in [0.25, 0.3) is 11.0 Å². The maximum Gasteiger partial charge on any atom is 0.269 e. The molecule has 8 heteroatoms. The standard InChI is InChI=1S/C23H27N5O3/c1-4-17-8-19-20(27-22(17)29)7-15(9-25-19)10-28-11-16(12-28)13-31-21-6-5-18(23(30)24-3)26-14(21)2/h5-9,16H,4,10-13H2,1-3H3,(H,24,30)(H,27,29). The Balaban J connectivity index is 1.30. The van der Waals surface area contributed by atoms with Gasteiger partial charge in [0, 0.05) is 44.4 Å². The molecule has 31 heavy (non-hydrogen) atoms. The lowest BCUT2D eigenvalue weighted by Gasteiger charge is -2.39. The van der Waals surface area contributed by atoms with Gasteiger partial charge in [-0.15, -0.1) is 0 Å². The lowest BCUT2D eigenvalue weighted by atomic mass is 10.0. The Morgan fingerprint density at radius 2 is 2.13 bits per heavy atom. The molecule has 4 heterocycles. The molecule has 0 saturated carbocycles. The van der Waals surface area contributed by atoms with Crippen LogP contribution in [0.4, 0.5) is 0 Å². The monoisotopic (exact) mass is 421 g/mol. The molecule has 0 unspecified atom stereocenters. The van der Waals surface area contributed by atoms with Crippen LogP contribution in [-0.2, 0) is 13.0 Å². The van der Waals surface area contributed by atoms with E-state index in [0.29, 0.717) is 36.1 Å². The third kappa shape index (κ3) is 4.59. The molecule has 1 fully saturated rings. The maximum atomic E-state index is 12.1. The minimum absolute atomic E-state index is 0.0387. The predicted octanol–water partition coefficient (Wildman–Crippen LogP) is 2.06. The summed E-state index contributed by atoms with van der Waals surface area (Å²) in [7, 11) is 1.58. The Morgan fingerprint density at radius 1 is 1.32 bits per heavy atom. The number of rotatable bonds is 7. The summed E-state index contributed by atoms with van der Waals surface area (Å²) < 4.78 is 5.93. The number of nitrogens with one attached hydrogen (secondary N) is 2. The van der Waals surface area contributed by atoms with E-state index in [0.717, 1.165) is 41.8 Å². The van der Waals surface area contributed by atoms with Gasteiger partial charge in [-0.1, -0.05) is 6.92 Å². The van der Waals surface area contributed by atoms with E-state index in [-0.39, 0.29) is 11.5 Å². The highest BCUT2D eigenvalue weighted by atomic mass is 16.5. The fourth-order valence-corrected chi connectivity index (χ4v) is 3.85. The van der Waals surface area contributed by atoms with Gasteiger partial charge in [0.25, 0.3) is 11.5 Å². The van der Waals surface area contributed by atoms with E-state index in [4.69, 9.17) is 4.74 Å². The second kappa shape index (κ2) is 8.85. The van der Waals surface area contributed by atoms with E-state index in [1.54, 1.807) is 19.2 Å². The number of H-pyrrole nitrogens is 1. The number of amides is 1. The van der Waals surface area contributed by atoms with Crippen LogP contribution in [0.1, 0.15) is 34.2 Å². The van der Waals surface area contributed by atoms with Gasteiger partial charge in [-0.2, -0.15) is 0 Å². The minimum Gasteiger partial charge on any atom is -0.491 e. The molecule has 0 aromatic carbocycles. The third-order valence-electron chi connectivity index (χ3n) is 5.62. The SMILES string of the molecule is CCc1cc2ncc(CN3CC(COc4ccc(C(=O)NC)nc4C)C3)cc2[nH]c1=O. The first kappa shape index (κ1) is 21.0. The van der Waals surface area contributed by atoms with Crippen LogP contribution in [0.2, 0.25) is 0 Å². The average Bonchev–Trinajstić information content (AvgIpc) is 2.74. The van der Waals surface area contributed by atoms with Gasteiger partial charge in [0.1, 0.15) is 11.4 Å². The van der Waals surface area contributed by atoms with Gasteiger partial charge in [-0.25, -0.2) is 4.98 Å². The van der Waals surface area contributed by atoms with Gasteiger partial charge in [0.2, 0.25) is 0 Å². The Labute approximate surface area is 180 Å². The molecular formula is C23H27N5O3. The van der Waals surface area contributed by atoms with Crippen LogP contribution in [-0.4, -0.2) is 52.5 Å². The van der Waals surface area contributed by atoms with Crippen LogP contribution >= 0.6 is 0 Å². The molecule has 3 aromatic heterocycles. The van der Waals surface area contributed by atoms with Crippen LogP contribution in [0.5, 0.6) is 5.75 Å². The van der Waals surface area contributed by atoms with E-state index in [9.17, 15) is 9.59 Å². The summed E-state index contributed by atoms with van der Waals surface area (Å²) >= 11 is 0. The fraction of sp³-hybridized carbons (Fsp3) is 0.391. The Kier molecular flexibility index (Phi) is 5.99. The topological polar surface area (TPSA) is 100 Å². The van der Waals surface area contributed by atoms with Crippen LogP contribution in [0.3, 0.4) is 0 Å². The van der Waals surface area contributed by atoms with Crippen molar-refractivity contribution in [2.45, 2.75) is 26.8 Å². The number of aromatic amines is 1. The highest BCUT2D eigenvalue weighted by Gasteiger charge is 2.27. The Hall–Kier alpha value is -3.26. The number of likely N-dealkylation sites (tertiary alicyclic amines) is 1. The van der Waals surface area contributed by atoms with Crippen LogP contribution < -0.4 is 15.6 Å². The molecule has 2 N–H and O–H groups in total. The van der Waals surface area contributed by atoms with Gasteiger partial charge in [0.15, 0.2) is 0 Å². The summed E-state index contributed by atoms with van der Waals surface area (Å²) in [6.07, 6.45) is 2.58. The molecule has 1 aliphatic heterocycles. The summed E-state index contributed by atoms with van der Waals surface area (Å²) in [5.74, 6) is 0.945. The van der Waals surface area contributed by atoms with Crippen LogP contribution in [0.15, 0.2) is 35.3 Å². The highest BCUT2D eigenvalue weighted by molar-refractivity contribution is 5.92. The summed E-state index contributed by atoms with van der Waals surface area (Å²) in [6, 6.07) is 7.35. The lowest BCUT2D eigenvalue weighted by Crippen LogP contribution is -2.48. The smallest absolute Gasteiger partial charge is 0.269 e. The number of fused-ring (bicyclic) bond motifs is 1. The zero-order chi connectivity index (χ0) is 22.0. The second-order valence-corrected chi connectivity index (χ2v) is 7.98. The summed E-state index contributed by atoms with van der Waals surface area (Å²) in [5.41, 5.74) is 4.50. The van der Waals surface area contributed by atoms with Crippen molar-refractivity contribution in [3.05, 3.63) is 63.3 Å². The van der Waals surface area contributed by atoms with Crippen molar-refractivity contribution in [1.82, 2.24) is 25.2 Å². The first-order valence-corrected chi connectivity index (χ1v) is 10.5. The molecule has 3 aromatic rings. The number of nitrogens with zero attached hydrogens (tertiary/aromatic N) is 3. The molecule has 0 radical (unpaired) electrons. The zero-order valence-electron chi connectivity index (χ0n) is 18.1. The number of carbonyl (C=O) groups is 1. The van der Waals surface area contributed by atoms with Gasteiger partial charge in [-0.05, 0) is 43.2 Å². The molecule has 0 spiro atoms. The maximum absolute atomic E-state index is 12.1. The molecule has 0 aliphatic carbocycles. The van der Waals surface area contributed by atoms with Crippen molar-refractivity contribution in [2.24, 2.45) is 5.92 Å². The average molecular weight is 422 g/mol. The van der Waals surface area contributed by atoms with Gasteiger partial charge < -0.3 is 15.0 Å². The van der Waals surface area contributed by atoms with Crippen molar-refractivity contribution < 1.29 is 9.53 Å². The molecule has 0 bridgehead atoms. The number of hydrogen-bond donors (Lipinski definition) is 2. The Morgan fingerprint density at radius 3 is 2.84 bits per heavy atom. The predicted molar refractivity (Wildman–Crippen MR) is 118 cm³/mol. The van der Waals surface area contributed by atoms with Crippen molar-refractivity contribution in [3.8, 4) is 5.75 Å². The van der Waals surface area contributed by atoms with Crippen LogP contribution in [0, 0.1) is 12.8 Å². The molecule has 162 valence electrons. The summed E-state index contributed by atoms with van der Waals surface area (Å²) in [5, 5.41) is 2.57. The van der Waals surface area contributed by atoms with Gasteiger partial charge in [0.05, 0.1) is 23.3 Å². The van der Waals surface area contributed by atoms with Gasteiger partial charge in [-0.3, -0.25) is 19.5 Å². The molecule has 8 nitrogen and oxygen atoms in total. The summed E-state index contributed by atoms with van der Waals surface area (Å²) in [6.45, 7) is 7.08. The van der Waals surface area contributed by atoms with Crippen molar-refractivity contribution >= 4 is 16.9 Å². The number of hydrogen-bond acceptors (Lipinski definition) is 6. The third-order valence-corrected chi connectivity index (χ3v) is 5.62. The highest BCUT2D eigenvalue weighted by Crippen LogP contribution is 2.22. The first-order valence-electron chi connectivity index (χ1n) is 10.5. The molecule has 4 rings (SSSR count). The largest absolute Gasteiger partial charge is 0.491 e. The second-order valence-electron chi connectivity index (χ2n) is 7.98. The lowest BCUT2D eigenvalue weighted by molar-refractivity contribution is 0.0554. The molecule has 0 atom stereocenters. The number of aromatic nitrogens is 3. The van der Waals surface area contributed by atoms with Crippen molar-refractivity contribution in [3.63, 3.8) is 0 Å². The van der Waals surface area contributed by atoms with Crippen molar-refractivity contribution in [1.29, 1.82) is 0 Å². The summed E-state index contributed by atoms with van der Waals surface area (Å²) in [4.78, 5) is 37.8. The van der Waals surface area contributed by atoms with E-state index >= 15 is 0 Å². The Bertz CT molecular complexity index is 1170. The van der Waals surface area contributed by atoms with E-state index in [1.165, 1.54) is 0 Å².